The third-order valence-corrected chi connectivity index (χ3v) is 10.6. The highest BCUT2D eigenvalue weighted by atomic mass is 31.3. The van der Waals surface area contributed by atoms with E-state index in [1.165, 1.54) is 27.9 Å². The van der Waals surface area contributed by atoms with Gasteiger partial charge in [-0.2, -0.15) is 4.31 Å². The van der Waals surface area contributed by atoms with Gasteiger partial charge >= 0.3 is 15.6 Å². The van der Waals surface area contributed by atoms with Gasteiger partial charge in [0.25, 0.3) is 0 Å². The Balaban J connectivity index is 2.85. The van der Waals surface area contributed by atoms with Crippen LogP contribution in [0.25, 0.3) is 0 Å². The van der Waals surface area contributed by atoms with E-state index in [4.69, 9.17) is 14.3 Å². The molecule has 0 aliphatic heterocycles. The van der Waals surface area contributed by atoms with Gasteiger partial charge in [-0.3, -0.25) is 4.52 Å². The van der Waals surface area contributed by atoms with Crippen LogP contribution in [-0.2, 0) is 18.0 Å². The van der Waals surface area contributed by atoms with E-state index in [0.29, 0.717) is 0 Å². The van der Waals surface area contributed by atoms with Crippen molar-refractivity contribution in [3.05, 3.63) is 58.2 Å². The van der Waals surface area contributed by atoms with E-state index in [1.54, 1.807) is 0 Å². The Hall–Kier alpha value is -1.04. The van der Waals surface area contributed by atoms with E-state index in [-0.39, 0.29) is 23.9 Å². The number of rotatable bonds is 20. The molecule has 0 aromatic rings. The molecule has 1 aliphatic carbocycles. The van der Waals surface area contributed by atoms with Gasteiger partial charge in [0.05, 0.1) is 6.61 Å². The van der Waals surface area contributed by atoms with Crippen molar-refractivity contribution in [1.82, 2.24) is 0 Å². The topological polar surface area (TPSA) is 113 Å². The van der Waals surface area contributed by atoms with Crippen molar-refractivity contribution >= 4 is 15.6 Å². The van der Waals surface area contributed by atoms with Crippen LogP contribution in [0.15, 0.2) is 58.2 Å². The quantitative estimate of drug-likeness (QED) is 0.0923. The monoisotopic (exact) mass is 614 g/mol. The largest absolute Gasteiger partial charge is 0.481 e. The second kappa shape index (κ2) is 17.9. The smallest absolute Gasteiger partial charge is 0.302 e. The Morgan fingerprint density at radius 2 is 1.17 bits per heavy atom. The molecule has 1 fully saturated rings. The maximum atomic E-state index is 12.1. The highest BCUT2D eigenvalue weighted by Crippen LogP contribution is 2.65. The van der Waals surface area contributed by atoms with E-state index >= 15 is 0 Å². The summed E-state index contributed by atoms with van der Waals surface area (Å²) in [6, 6.07) is 0. The van der Waals surface area contributed by atoms with Crippen molar-refractivity contribution in [2.75, 3.05) is 6.61 Å². The van der Waals surface area contributed by atoms with Gasteiger partial charge in [-0.05, 0) is 116 Å². The molecule has 0 saturated heterocycles. The lowest BCUT2D eigenvalue weighted by molar-refractivity contribution is 0.166. The first kappa shape index (κ1) is 38.0. The van der Waals surface area contributed by atoms with Crippen molar-refractivity contribution < 1.29 is 32.6 Å². The Bertz CT molecular complexity index is 1080. The molecule has 0 bridgehead atoms. The fraction of sp³-hybridized carbons (Fsp3) is 0.688. The second-order valence-electron chi connectivity index (χ2n) is 12.1. The van der Waals surface area contributed by atoms with Crippen LogP contribution < -0.4 is 0 Å². The van der Waals surface area contributed by atoms with E-state index in [9.17, 15) is 14.0 Å². The fourth-order valence-corrected chi connectivity index (χ4v) is 6.75. The molecule has 0 spiro atoms. The fourth-order valence-electron chi connectivity index (χ4n) is 5.14. The van der Waals surface area contributed by atoms with Crippen molar-refractivity contribution in [3.63, 3.8) is 0 Å². The van der Waals surface area contributed by atoms with Crippen LogP contribution >= 0.6 is 15.6 Å². The molecular formula is C32H56O7P2. The summed E-state index contributed by atoms with van der Waals surface area (Å²) in [5.41, 5.74) is 6.70. The van der Waals surface area contributed by atoms with Crippen LogP contribution in [0.4, 0.5) is 0 Å². The highest BCUT2D eigenvalue weighted by molar-refractivity contribution is 7.60. The Kier molecular flexibility index (Phi) is 16.6. The van der Waals surface area contributed by atoms with Crippen molar-refractivity contribution in [1.29, 1.82) is 0 Å². The average Bonchev–Trinajstić information content (AvgIpc) is 3.41. The van der Waals surface area contributed by atoms with Gasteiger partial charge < -0.3 is 14.7 Å². The molecule has 1 rings (SSSR count). The minimum Gasteiger partial charge on any atom is -0.302 e. The molecule has 7 nitrogen and oxygen atoms in total. The first-order chi connectivity index (χ1) is 19.0. The number of phosphoric ester groups is 1. The summed E-state index contributed by atoms with van der Waals surface area (Å²) < 4.78 is 32.2. The molecule has 0 aromatic heterocycles. The van der Waals surface area contributed by atoms with Gasteiger partial charge in [0, 0.05) is 0 Å². The molecule has 0 aromatic carbocycles. The summed E-state index contributed by atoms with van der Waals surface area (Å²) in [6.07, 6.45) is 21.5. The molecule has 0 amide bonds. The van der Waals surface area contributed by atoms with E-state index < -0.39 is 15.6 Å². The third-order valence-electron chi connectivity index (χ3n) is 8.41. The number of phosphoric acid groups is 2. The molecule has 0 heterocycles. The van der Waals surface area contributed by atoms with Crippen LogP contribution in [0, 0.1) is 17.3 Å². The summed E-state index contributed by atoms with van der Waals surface area (Å²) >= 11 is 0. The van der Waals surface area contributed by atoms with Gasteiger partial charge in [-0.1, -0.05) is 79.0 Å². The summed E-state index contributed by atoms with van der Waals surface area (Å²) in [5, 5.41) is 0. The lowest BCUT2D eigenvalue weighted by atomic mass is 9.95. The van der Waals surface area contributed by atoms with Crippen molar-refractivity contribution in [2.24, 2.45) is 17.3 Å². The van der Waals surface area contributed by atoms with Crippen LogP contribution in [0.5, 0.6) is 0 Å². The lowest BCUT2D eigenvalue weighted by Crippen LogP contribution is -2.04. The van der Waals surface area contributed by atoms with E-state index in [2.05, 4.69) is 90.1 Å². The van der Waals surface area contributed by atoms with Crippen LogP contribution in [-0.4, -0.2) is 21.3 Å². The summed E-state index contributed by atoms with van der Waals surface area (Å²) in [5.74, 6) is 0.0987. The maximum Gasteiger partial charge on any atom is 0.481 e. The number of allylic oxidation sites excluding steroid dienone is 10. The number of hydrogen-bond acceptors (Lipinski definition) is 4. The summed E-state index contributed by atoms with van der Waals surface area (Å²) in [6.45, 7) is 17.2. The van der Waals surface area contributed by atoms with Gasteiger partial charge in [0.15, 0.2) is 0 Å². The van der Waals surface area contributed by atoms with E-state index in [0.717, 1.165) is 64.2 Å². The zero-order valence-corrected chi connectivity index (χ0v) is 28.5. The van der Waals surface area contributed by atoms with Gasteiger partial charge in [-0.15, -0.1) is 0 Å². The molecule has 9 heteroatoms. The highest BCUT2D eigenvalue weighted by Gasteiger charge is 2.59. The van der Waals surface area contributed by atoms with E-state index in [1.807, 2.05) is 0 Å². The second-order valence-corrected chi connectivity index (χ2v) is 14.9. The minimum absolute atomic E-state index is 0.0481. The molecular weight excluding hydrogens is 558 g/mol. The van der Waals surface area contributed by atoms with Gasteiger partial charge in [0.1, 0.15) is 0 Å². The number of hydrogen-bond donors (Lipinski definition) is 3. The summed E-state index contributed by atoms with van der Waals surface area (Å²) in [7, 11) is -10.0. The third kappa shape index (κ3) is 15.8. The molecule has 0 radical (unpaired) electrons. The minimum atomic E-state index is -5.15. The zero-order valence-electron chi connectivity index (χ0n) is 26.7. The van der Waals surface area contributed by atoms with Crippen molar-refractivity contribution in [3.8, 4) is 0 Å². The van der Waals surface area contributed by atoms with Gasteiger partial charge in [-0.25, -0.2) is 9.13 Å². The Morgan fingerprint density at radius 3 is 1.63 bits per heavy atom. The molecule has 4 atom stereocenters. The predicted molar refractivity (Wildman–Crippen MR) is 170 cm³/mol. The molecule has 4 unspecified atom stereocenters. The van der Waals surface area contributed by atoms with Crippen LogP contribution in [0.1, 0.15) is 120 Å². The Morgan fingerprint density at radius 1 is 0.732 bits per heavy atom. The first-order valence-corrected chi connectivity index (χ1v) is 18.1. The molecule has 41 heavy (non-hydrogen) atoms. The maximum absolute atomic E-state index is 12.1. The zero-order chi connectivity index (χ0) is 31.3. The van der Waals surface area contributed by atoms with Crippen molar-refractivity contribution in [2.45, 2.75) is 120 Å². The first-order valence-electron chi connectivity index (χ1n) is 15.1. The molecule has 236 valence electrons. The summed E-state index contributed by atoms with van der Waals surface area (Å²) in [4.78, 5) is 27.7. The predicted octanol–water partition coefficient (Wildman–Crippen LogP) is 10.1. The van der Waals surface area contributed by atoms with Crippen LogP contribution in [0.3, 0.4) is 0 Å². The van der Waals surface area contributed by atoms with Gasteiger partial charge in [0.2, 0.25) is 0 Å². The molecule has 1 aliphatic rings. The lowest BCUT2D eigenvalue weighted by Gasteiger charge is -2.14. The normalized spacial score (nSPS) is 24.5. The standard InChI is InChI=1S/C32H56O7P2/c1-9-25(3)15-11-17-27(5)19-13-20-29(7)23-30-31(24-38-41(36,37)39-40(33,34)35)32(30,8)22-14-21-28(6)18-12-16-26(4)10-2/h15-16,19,21,23,30-31H,9-14,17-18,20,22,24H2,1-8H3,(H,36,37)(H2,33,34,35)/b25-15+,26-16+,27-19+,28-21+,29-23+. The SMILES string of the molecule is CC/C(C)=C/CC/C(C)=C/CC/C(C)=C/C1C(COP(=O)(O)OP(=O)(O)O)C1(C)CC/C=C(\C)CC/C=C(\C)CC. The Labute approximate surface area is 249 Å². The molecule has 1 saturated carbocycles. The van der Waals surface area contributed by atoms with Crippen LogP contribution in [0.2, 0.25) is 0 Å². The molecule has 3 N–H and O–H groups in total. The average molecular weight is 615 g/mol.